The topological polar surface area (TPSA) is 82.8 Å². The van der Waals surface area contributed by atoms with Gasteiger partial charge < -0.3 is 19.7 Å². The Bertz CT molecular complexity index is 462. The zero-order valence-electron chi connectivity index (χ0n) is 12.2. The Morgan fingerprint density at radius 2 is 2.19 bits per heavy atom. The smallest absolute Gasteiger partial charge is 0.257 e. The van der Waals surface area contributed by atoms with Gasteiger partial charge in [-0.3, -0.25) is 9.59 Å². The molecule has 1 saturated heterocycles. The summed E-state index contributed by atoms with van der Waals surface area (Å²) in [5, 5.41) is 12.0. The van der Waals surface area contributed by atoms with E-state index in [9.17, 15) is 9.59 Å². The lowest BCUT2D eigenvalue weighted by atomic mass is 9.95. The fourth-order valence-corrected chi connectivity index (χ4v) is 2.46. The second-order valence-corrected chi connectivity index (χ2v) is 5.51. The fraction of sp³-hybridized carbons (Fsp3) is 0.600. The van der Waals surface area contributed by atoms with Gasteiger partial charge in [-0.05, 0) is 32.3 Å². The molecule has 21 heavy (non-hydrogen) atoms. The van der Waals surface area contributed by atoms with Crippen LogP contribution in [0.5, 0.6) is 0 Å². The van der Waals surface area contributed by atoms with Crippen molar-refractivity contribution < 1.29 is 19.1 Å². The van der Waals surface area contributed by atoms with Gasteiger partial charge in [0.1, 0.15) is 6.26 Å². The van der Waals surface area contributed by atoms with E-state index in [0.29, 0.717) is 44.5 Å². The summed E-state index contributed by atoms with van der Waals surface area (Å²) in [5.41, 5.74) is 0.551. The molecule has 1 aliphatic rings. The van der Waals surface area contributed by atoms with Gasteiger partial charge in [-0.25, -0.2) is 0 Å². The molecule has 6 heteroatoms. The normalized spacial score (nSPS) is 17.5. The van der Waals surface area contributed by atoms with Crippen LogP contribution in [0.1, 0.15) is 36.5 Å². The van der Waals surface area contributed by atoms with Gasteiger partial charge in [0.2, 0.25) is 5.91 Å². The first-order valence-corrected chi connectivity index (χ1v) is 7.35. The van der Waals surface area contributed by atoms with Crippen molar-refractivity contribution in [1.82, 2.24) is 10.2 Å². The number of piperidine rings is 1. The van der Waals surface area contributed by atoms with Crippen molar-refractivity contribution in [3.8, 4) is 0 Å². The number of aliphatic hydroxyl groups is 1. The zero-order valence-corrected chi connectivity index (χ0v) is 12.2. The third-order valence-corrected chi connectivity index (χ3v) is 3.78. The second kappa shape index (κ2) is 7.26. The van der Waals surface area contributed by atoms with Crippen molar-refractivity contribution in [2.75, 3.05) is 19.6 Å². The van der Waals surface area contributed by atoms with Crippen molar-refractivity contribution >= 4 is 11.8 Å². The monoisotopic (exact) mass is 294 g/mol. The van der Waals surface area contributed by atoms with Crippen LogP contribution >= 0.6 is 0 Å². The second-order valence-electron chi connectivity index (χ2n) is 5.51. The molecule has 0 saturated carbocycles. The Hall–Kier alpha value is -1.82. The van der Waals surface area contributed by atoms with Crippen LogP contribution in [-0.2, 0) is 4.79 Å². The third kappa shape index (κ3) is 4.32. The van der Waals surface area contributed by atoms with Gasteiger partial charge in [0.05, 0.1) is 17.9 Å². The molecule has 1 unspecified atom stereocenters. The molecule has 2 N–H and O–H groups in total. The lowest BCUT2D eigenvalue weighted by molar-refractivity contribution is -0.126. The molecule has 1 aromatic heterocycles. The van der Waals surface area contributed by atoms with Crippen LogP contribution in [0, 0.1) is 5.92 Å². The number of nitrogens with one attached hydrogen (secondary N) is 1. The predicted molar refractivity (Wildman–Crippen MR) is 76.6 cm³/mol. The van der Waals surface area contributed by atoms with Gasteiger partial charge in [-0.2, -0.15) is 0 Å². The summed E-state index contributed by atoms with van der Waals surface area (Å²) >= 11 is 0. The van der Waals surface area contributed by atoms with Crippen LogP contribution in [0.4, 0.5) is 0 Å². The maximum absolute atomic E-state index is 12.1. The maximum atomic E-state index is 12.1. The number of furan rings is 1. The van der Waals surface area contributed by atoms with Gasteiger partial charge in [-0.15, -0.1) is 0 Å². The molecule has 1 aliphatic heterocycles. The molecule has 0 bridgehead atoms. The van der Waals surface area contributed by atoms with E-state index in [1.807, 2.05) is 0 Å². The average molecular weight is 294 g/mol. The summed E-state index contributed by atoms with van der Waals surface area (Å²) in [5.74, 6) is -0.0739. The number of carbonyl (C=O) groups is 2. The van der Waals surface area contributed by atoms with Crippen LogP contribution < -0.4 is 5.32 Å². The molecular formula is C15H22N2O4. The number of nitrogens with zero attached hydrogens (tertiary/aromatic N) is 1. The van der Waals surface area contributed by atoms with E-state index in [2.05, 4.69) is 5.32 Å². The zero-order chi connectivity index (χ0) is 15.2. The average Bonchev–Trinajstić information content (AvgIpc) is 3.00. The van der Waals surface area contributed by atoms with E-state index < -0.39 is 6.10 Å². The summed E-state index contributed by atoms with van der Waals surface area (Å²) in [6.07, 6.45) is 4.42. The molecule has 116 valence electrons. The summed E-state index contributed by atoms with van der Waals surface area (Å²) < 4.78 is 4.92. The van der Waals surface area contributed by atoms with Crippen LogP contribution in [0.15, 0.2) is 23.0 Å². The lowest BCUT2D eigenvalue weighted by Gasteiger charge is -2.31. The highest BCUT2D eigenvalue weighted by atomic mass is 16.3. The number of hydrogen-bond donors (Lipinski definition) is 2. The first kappa shape index (κ1) is 15.6. The molecule has 1 atom stereocenters. The maximum Gasteiger partial charge on any atom is 0.257 e. The molecule has 2 heterocycles. The molecule has 0 aliphatic carbocycles. The predicted octanol–water partition coefficient (Wildman–Crippen LogP) is 1.02. The van der Waals surface area contributed by atoms with E-state index in [0.717, 1.165) is 0 Å². The Labute approximate surface area is 124 Å². The van der Waals surface area contributed by atoms with Gasteiger partial charge in [0, 0.05) is 25.6 Å². The lowest BCUT2D eigenvalue weighted by Crippen LogP contribution is -2.43. The third-order valence-electron chi connectivity index (χ3n) is 3.78. The van der Waals surface area contributed by atoms with Crippen molar-refractivity contribution in [3.05, 3.63) is 24.2 Å². The molecule has 2 amide bonds. The number of rotatable bonds is 5. The first-order chi connectivity index (χ1) is 10.1. The molecule has 1 aromatic rings. The highest BCUT2D eigenvalue weighted by Gasteiger charge is 2.27. The summed E-state index contributed by atoms with van der Waals surface area (Å²) in [6, 6.07) is 1.65. The minimum absolute atomic E-state index is 0.0195. The molecule has 0 spiro atoms. The first-order valence-electron chi connectivity index (χ1n) is 7.35. The van der Waals surface area contributed by atoms with Gasteiger partial charge >= 0.3 is 0 Å². The van der Waals surface area contributed by atoms with Crippen molar-refractivity contribution in [3.63, 3.8) is 0 Å². The number of hydrogen-bond acceptors (Lipinski definition) is 4. The molecule has 0 aromatic carbocycles. The Kier molecular flexibility index (Phi) is 5.38. The highest BCUT2D eigenvalue weighted by molar-refractivity contribution is 5.94. The van der Waals surface area contributed by atoms with E-state index in [-0.39, 0.29) is 17.7 Å². The highest BCUT2D eigenvalue weighted by Crippen LogP contribution is 2.19. The fourth-order valence-electron chi connectivity index (χ4n) is 2.46. The molecular weight excluding hydrogens is 272 g/mol. The Balaban J connectivity index is 1.75. The minimum Gasteiger partial charge on any atom is -0.472 e. The largest absolute Gasteiger partial charge is 0.472 e. The van der Waals surface area contributed by atoms with E-state index in [1.54, 1.807) is 17.9 Å². The van der Waals surface area contributed by atoms with E-state index in [4.69, 9.17) is 9.52 Å². The van der Waals surface area contributed by atoms with Crippen molar-refractivity contribution in [2.24, 2.45) is 5.92 Å². The SMILES string of the molecule is CC(O)CCNC(=O)C1CCN(C(=O)c2ccoc2)CC1. The van der Waals surface area contributed by atoms with Crippen LogP contribution in [-0.4, -0.2) is 47.6 Å². The van der Waals surface area contributed by atoms with E-state index in [1.165, 1.54) is 12.5 Å². The van der Waals surface area contributed by atoms with Crippen molar-refractivity contribution in [1.29, 1.82) is 0 Å². The number of likely N-dealkylation sites (tertiary alicyclic amines) is 1. The molecule has 0 radical (unpaired) electrons. The van der Waals surface area contributed by atoms with E-state index >= 15 is 0 Å². The van der Waals surface area contributed by atoms with Crippen LogP contribution in [0.3, 0.4) is 0 Å². The van der Waals surface area contributed by atoms with Gasteiger partial charge in [0.15, 0.2) is 0 Å². The minimum atomic E-state index is -0.403. The van der Waals surface area contributed by atoms with Crippen molar-refractivity contribution in [2.45, 2.75) is 32.3 Å². The summed E-state index contributed by atoms with van der Waals surface area (Å²) in [4.78, 5) is 25.8. The molecule has 2 rings (SSSR count). The standard InChI is InChI=1S/C15H22N2O4/c1-11(18)2-6-16-14(19)12-3-7-17(8-4-12)15(20)13-5-9-21-10-13/h5,9-12,18H,2-4,6-8H2,1H3,(H,16,19). The van der Waals surface area contributed by atoms with Gasteiger partial charge in [-0.1, -0.05) is 0 Å². The Morgan fingerprint density at radius 3 is 2.76 bits per heavy atom. The van der Waals surface area contributed by atoms with Crippen LogP contribution in [0.2, 0.25) is 0 Å². The summed E-state index contributed by atoms with van der Waals surface area (Å²) in [7, 11) is 0. The molecule has 6 nitrogen and oxygen atoms in total. The van der Waals surface area contributed by atoms with Gasteiger partial charge in [0.25, 0.3) is 5.91 Å². The summed E-state index contributed by atoms with van der Waals surface area (Å²) in [6.45, 7) is 3.35. The Morgan fingerprint density at radius 1 is 1.48 bits per heavy atom. The quantitative estimate of drug-likeness (QED) is 0.849. The van der Waals surface area contributed by atoms with Crippen LogP contribution in [0.25, 0.3) is 0 Å². The molecule has 1 fully saturated rings. The number of aliphatic hydroxyl groups excluding tert-OH is 1. The number of amides is 2. The number of carbonyl (C=O) groups excluding carboxylic acids is 2.